The number of halogens is 1. The molecule has 0 aliphatic carbocycles. The van der Waals surface area contributed by atoms with Gasteiger partial charge in [0.15, 0.2) is 0 Å². The summed E-state index contributed by atoms with van der Waals surface area (Å²) >= 11 is 1.39. The van der Waals surface area contributed by atoms with E-state index in [2.05, 4.69) is 10.6 Å². The summed E-state index contributed by atoms with van der Waals surface area (Å²) in [7, 11) is 0. The molecule has 0 fully saturated rings. The molecule has 2 amide bonds. The number of nitrogens with one attached hydrogen (secondary N) is 2. The van der Waals surface area contributed by atoms with Gasteiger partial charge in [-0.25, -0.2) is 4.39 Å². The highest BCUT2D eigenvalue weighted by Crippen LogP contribution is 2.17. The first-order chi connectivity index (χ1) is 11.0. The van der Waals surface area contributed by atoms with Gasteiger partial charge in [-0.1, -0.05) is 12.1 Å². The Bertz CT molecular complexity index is 658. The number of rotatable bonds is 6. The van der Waals surface area contributed by atoms with Crippen molar-refractivity contribution in [3.8, 4) is 0 Å². The van der Waals surface area contributed by atoms with Crippen molar-refractivity contribution < 1.29 is 19.1 Å². The Morgan fingerprint density at radius 2 is 1.96 bits per heavy atom. The fourth-order valence-electron chi connectivity index (χ4n) is 1.99. The van der Waals surface area contributed by atoms with Crippen LogP contribution in [0.5, 0.6) is 0 Å². The number of amides is 2. The summed E-state index contributed by atoms with van der Waals surface area (Å²) in [6, 6.07) is 6.49. The highest BCUT2D eigenvalue weighted by atomic mass is 32.1. The van der Waals surface area contributed by atoms with E-state index in [1.54, 1.807) is 23.8 Å². The van der Waals surface area contributed by atoms with Crippen LogP contribution in [0.4, 0.5) is 4.39 Å². The lowest BCUT2D eigenvalue weighted by molar-refractivity contribution is -0.121. The van der Waals surface area contributed by atoms with Crippen molar-refractivity contribution in [3.63, 3.8) is 0 Å². The van der Waals surface area contributed by atoms with Gasteiger partial charge < -0.3 is 15.7 Å². The lowest BCUT2D eigenvalue weighted by Gasteiger charge is -2.20. The Labute approximate surface area is 137 Å². The van der Waals surface area contributed by atoms with Crippen LogP contribution >= 0.6 is 11.3 Å². The predicted molar refractivity (Wildman–Crippen MR) is 85.6 cm³/mol. The second-order valence-corrected chi connectivity index (χ2v) is 5.83. The van der Waals surface area contributed by atoms with Crippen molar-refractivity contribution >= 4 is 23.2 Å². The zero-order chi connectivity index (χ0) is 16.8. The molecule has 23 heavy (non-hydrogen) atoms. The van der Waals surface area contributed by atoms with Crippen LogP contribution in [-0.2, 0) is 4.79 Å². The van der Waals surface area contributed by atoms with Crippen LogP contribution in [-0.4, -0.2) is 29.5 Å². The molecule has 1 aromatic heterocycles. The number of benzene rings is 1. The van der Waals surface area contributed by atoms with Gasteiger partial charge >= 0.3 is 0 Å². The van der Waals surface area contributed by atoms with Crippen molar-refractivity contribution in [2.75, 3.05) is 6.54 Å². The van der Waals surface area contributed by atoms with Gasteiger partial charge in [-0.05, 0) is 36.1 Å². The summed E-state index contributed by atoms with van der Waals surface area (Å²) in [6.07, 6.45) is -0.966. The Morgan fingerprint density at radius 3 is 2.57 bits per heavy atom. The average Bonchev–Trinajstić information content (AvgIpc) is 3.07. The smallest absolute Gasteiger partial charge is 0.252 e. The van der Waals surface area contributed by atoms with Crippen LogP contribution in [0, 0.1) is 5.82 Å². The maximum absolute atomic E-state index is 12.9. The molecule has 0 spiro atoms. The number of aliphatic hydroxyl groups excluding tert-OH is 1. The summed E-state index contributed by atoms with van der Waals surface area (Å²) in [5, 5.41) is 18.7. The fourth-order valence-corrected chi connectivity index (χ4v) is 2.62. The topological polar surface area (TPSA) is 78.4 Å². The molecule has 1 aromatic carbocycles. The van der Waals surface area contributed by atoms with Gasteiger partial charge in [0.05, 0.1) is 18.7 Å². The van der Waals surface area contributed by atoms with Gasteiger partial charge in [0, 0.05) is 10.9 Å². The Kier molecular flexibility index (Phi) is 5.84. The first-order valence-electron chi connectivity index (χ1n) is 7.00. The van der Waals surface area contributed by atoms with Crippen molar-refractivity contribution in [3.05, 3.63) is 58.0 Å². The molecule has 0 aliphatic rings. The Balaban J connectivity index is 1.82. The van der Waals surface area contributed by atoms with Crippen LogP contribution in [0.25, 0.3) is 0 Å². The fraction of sp³-hybridized carbons (Fsp3) is 0.250. The molecule has 0 saturated carbocycles. The number of aliphatic hydroxyl groups is 1. The third-order valence-corrected chi connectivity index (χ3v) is 3.95. The molecular weight excluding hydrogens is 319 g/mol. The SMILES string of the molecule is C[C@@H](NC(=O)CNC(=O)c1ccsc1)[C@@H](O)c1ccc(F)cc1. The van der Waals surface area contributed by atoms with Gasteiger partial charge in [0.2, 0.25) is 5.91 Å². The minimum absolute atomic E-state index is 0.185. The monoisotopic (exact) mass is 336 g/mol. The predicted octanol–water partition coefficient (Wildman–Crippen LogP) is 1.86. The second-order valence-electron chi connectivity index (χ2n) is 5.05. The lowest BCUT2D eigenvalue weighted by atomic mass is 10.0. The van der Waals surface area contributed by atoms with Crippen molar-refractivity contribution in [1.82, 2.24) is 10.6 Å². The summed E-state index contributed by atoms with van der Waals surface area (Å²) in [4.78, 5) is 23.5. The van der Waals surface area contributed by atoms with E-state index in [-0.39, 0.29) is 12.5 Å². The highest BCUT2D eigenvalue weighted by Gasteiger charge is 2.18. The molecule has 0 aliphatic heterocycles. The number of hydrogen-bond donors (Lipinski definition) is 3. The minimum atomic E-state index is -0.966. The summed E-state index contributed by atoms with van der Waals surface area (Å²) in [6.45, 7) is 1.45. The molecular formula is C16H17FN2O3S. The second kappa shape index (κ2) is 7.85. The first kappa shape index (κ1) is 17.1. The van der Waals surface area contributed by atoms with Gasteiger partial charge in [-0.2, -0.15) is 11.3 Å². The van der Waals surface area contributed by atoms with Gasteiger partial charge in [0.1, 0.15) is 5.82 Å². The molecule has 0 radical (unpaired) electrons. The molecule has 7 heteroatoms. The number of hydrogen-bond acceptors (Lipinski definition) is 4. The summed E-state index contributed by atoms with van der Waals surface area (Å²) < 4.78 is 12.9. The third kappa shape index (κ3) is 4.87. The van der Waals surface area contributed by atoms with Crippen LogP contribution in [0.3, 0.4) is 0 Å². The molecule has 0 saturated heterocycles. The van der Waals surface area contributed by atoms with E-state index in [4.69, 9.17) is 0 Å². The molecule has 2 rings (SSSR count). The van der Waals surface area contributed by atoms with Crippen molar-refractivity contribution in [2.45, 2.75) is 19.1 Å². The Hall–Kier alpha value is -2.25. The van der Waals surface area contributed by atoms with Crippen molar-refractivity contribution in [1.29, 1.82) is 0 Å². The largest absolute Gasteiger partial charge is 0.386 e. The van der Waals surface area contributed by atoms with E-state index in [1.807, 2.05) is 0 Å². The van der Waals surface area contributed by atoms with Crippen LogP contribution < -0.4 is 10.6 Å². The summed E-state index contributed by atoms with van der Waals surface area (Å²) in [5.41, 5.74) is 1.00. The number of thiophene rings is 1. The van der Waals surface area contributed by atoms with Gasteiger partial charge in [-0.15, -0.1) is 0 Å². The standard InChI is InChI=1S/C16H17FN2O3S/c1-10(15(21)11-2-4-13(17)5-3-11)19-14(20)8-18-16(22)12-6-7-23-9-12/h2-7,9-10,15,21H,8H2,1H3,(H,18,22)(H,19,20)/t10-,15-/m1/s1. The zero-order valence-corrected chi connectivity index (χ0v) is 13.3. The molecule has 1 heterocycles. The number of carbonyl (C=O) groups excluding carboxylic acids is 2. The maximum atomic E-state index is 12.9. The first-order valence-corrected chi connectivity index (χ1v) is 7.95. The highest BCUT2D eigenvalue weighted by molar-refractivity contribution is 7.08. The molecule has 3 N–H and O–H groups in total. The third-order valence-electron chi connectivity index (χ3n) is 3.27. The molecule has 2 atom stereocenters. The van der Waals surface area contributed by atoms with Crippen LogP contribution in [0.1, 0.15) is 28.9 Å². The average molecular weight is 336 g/mol. The molecule has 122 valence electrons. The van der Waals surface area contributed by atoms with E-state index < -0.39 is 23.9 Å². The van der Waals surface area contributed by atoms with E-state index >= 15 is 0 Å². The van der Waals surface area contributed by atoms with E-state index in [0.29, 0.717) is 11.1 Å². The van der Waals surface area contributed by atoms with E-state index in [0.717, 1.165) is 0 Å². The van der Waals surface area contributed by atoms with E-state index in [9.17, 15) is 19.1 Å². The van der Waals surface area contributed by atoms with E-state index in [1.165, 1.54) is 35.6 Å². The zero-order valence-electron chi connectivity index (χ0n) is 12.5. The molecule has 2 aromatic rings. The minimum Gasteiger partial charge on any atom is -0.386 e. The molecule has 0 unspecified atom stereocenters. The molecule has 5 nitrogen and oxygen atoms in total. The van der Waals surface area contributed by atoms with Crippen molar-refractivity contribution in [2.24, 2.45) is 0 Å². The molecule has 0 bridgehead atoms. The van der Waals surface area contributed by atoms with Crippen LogP contribution in [0.15, 0.2) is 41.1 Å². The quantitative estimate of drug-likeness (QED) is 0.753. The normalized spacial score (nSPS) is 13.2. The van der Waals surface area contributed by atoms with Gasteiger partial charge in [0.25, 0.3) is 5.91 Å². The number of carbonyl (C=O) groups is 2. The maximum Gasteiger partial charge on any atom is 0.252 e. The van der Waals surface area contributed by atoms with Gasteiger partial charge in [-0.3, -0.25) is 9.59 Å². The summed E-state index contributed by atoms with van der Waals surface area (Å²) in [5.74, 6) is -1.14. The lowest BCUT2D eigenvalue weighted by Crippen LogP contribution is -2.43. The van der Waals surface area contributed by atoms with Crippen LogP contribution in [0.2, 0.25) is 0 Å². The Morgan fingerprint density at radius 1 is 1.26 bits per heavy atom.